The summed E-state index contributed by atoms with van der Waals surface area (Å²) in [6, 6.07) is 8.72. The Kier molecular flexibility index (Phi) is 5.74. The largest absolute Gasteiger partial charge is 0.416 e. The summed E-state index contributed by atoms with van der Waals surface area (Å²) >= 11 is 10.7. The van der Waals surface area contributed by atoms with E-state index >= 15 is 0 Å². The molecule has 0 atom stereocenters. The summed E-state index contributed by atoms with van der Waals surface area (Å²) < 4.78 is 51.4. The summed E-state index contributed by atoms with van der Waals surface area (Å²) in [6.07, 6.45) is -3.31. The monoisotopic (exact) mass is 375 g/mol. The van der Waals surface area contributed by atoms with Crippen LogP contribution in [0.3, 0.4) is 0 Å². The number of hydrazone groups is 1. The maximum atomic E-state index is 13.4. The van der Waals surface area contributed by atoms with E-state index in [1.807, 2.05) is 0 Å². The lowest BCUT2D eigenvalue weighted by atomic mass is 10.2. The summed E-state index contributed by atoms with van der Waals surface area (Å²) in [7, 11) is 0. The summed E-state index contributed by atoms with van der Waals surface area (Å²) in [5.41, 5.74) is 1.71. The molecule has 0 spiro atoms. The molecule has 0 fully saturated rings. The zero-order valence-electron chi connectivity index (χ0n) is 11.9. The highest BCUT2D eigenvalue weighted by molar-refractivity contribution is 7.80. The van der Waals surface area contributed by atoms with Gasteiger partial charge in [0.2, 0.25) is 0 Å². The van der Waals surface area contributed by atoms with E-state index in [-0.39, 0.29) is 21.4 Å². The normalized spacial score (nSPS) is 11.5. The predicted molar refractivity (Wildman–Crippen MR) is 89.8 cm³/mol. The van der Waals surface area contributed by atoms with Crippen LogP contribution in [0.25, 0.3) is 0 Å². The molecule has 0 saturated carbocycles. The van der Waals surface area contributed by atoms with Crippen molar-refractivity contribution in [2.24, 2.45) is 5.10 Å². The molecule has 0 aliphatic heterocycles. The van der Waals surface area contributed by atoms with E-state index in [2.05, 4.69) is 15.8 Å². The third-order valence-corrected chi connectivity index (χ3v) is 3.34. The van der Waals surface area contributed by atoms with Gasteiger partial charge in [0.25, 0.3) is 0 Å². The van der Waals surface area contributed by atoms with Gasteiger partial charge in [0.15, 0.2) is 5.11 Å². The van der Waals surface area contributed by atoms with Crippen molar-refractivity contribution >= 4 is 40.8 Å². The average Bonchev–Trinajstić information content (AvgIpc) is 2.50. The molecule has 0 aliphatic carbocycles. The fourth-order valence-corrected chi connectivity index (χ4v) is 2.02. The number of nitrogens with one attached hydrogen (secondary N) is 2. The van der Waals surface area contributed by atoms with Gasteiger partial charge in [0, 0.05) is 5.56 Å². The first-order valence-corrected chi connectivity index (χ1v) is 7.27. The van der Waals surface area contributed by atoms with Crippen molar-refractivity contribution in [1.82, 2.24) is 5.43 Å². The molecule has 0 aromatic heterocycles. The molecule has 0 amide bonds. The molecule has 0 radical (unpaired) electrons. The number of anilines is 1. The lowest BCUT2D eigenvalue weighted by Crippen LogP contribution is -2.24. The SMILES string of the molecule is Fc1ccccc1/C=N\NC(=S)Nc1cc(C(F)(F)F)ccc1Cl. The minimum atomic E-state index is -4.50. The molecule has 0 bridgehead atoms. The molecule has 24 heavy (non-hydrogen) atoms. The van der Waals surface area contributed by atoms with E-state index in [1.54, 1.807) is 6.07 Å². The number of benzene rings is 2. The van der Waals surface area contributed by atoms with Crippen LogP contribution in [-0.4, -0.2) is 11.3 Å². The van der Waals surface area contributed by atoms with Crippen LogP contribution in [0.2, 0.25) is 5.02 Å². The first-order valence-electron chi connectivity index (χ1n) is 6.48. The second-order valence-corrected chi connectivity index (χ2v) is 5.35. The summed E-state index contributed by atoms with van der Waals surface area (Å²) in [5.74, 6) is -0.470. The van der Waals surface area contributed by atoms with Crippen molar-refractivity contribution in [2.75, 3.05) is 5.32 Å². The van der Waals surface area contributed by atoms with E-state index in [1.165, 1.54) is 24.4 Å². The van der Waals surface area contributed by atoms with Gasteiger partial charge in [-0.15, -0.1) is 0 Å². The van der Waals surface area contributed by atoms with Crippen LogP contribution in [0.15, 0.2) is 47.6 Å². The smallest absolute Gasteiger partial charge is 0.330 e. The number of halogens is 5. The standard InChI is InChI=1S/C15H10ClF4N3S/c16-11-6-5-10(15(18,19)20)7-13(11)22-14(24)23-21-8-9-3-1-2-4-12(9)17/h1-8H,(H2,22,23,24)/b21-8-. The Morgan fingerprint density at radius 3 is 2.54 bits per heavy atom. The maximum absolute atomic E-state index is 13.4. The van der Waals surface area contributed by atoms with Crippen molar-refractivity contribution < 1.29 is 17.6 Å². The molecule has 9 heteroatoms. The highest BCUT2D eigenvalue weighted by Gasteiger charge is 2.31. The number of alkyl halides is 3. The molecule has 126 valence electrons. The van der Waals surface area contributed by atoms with Gasteiger partial charge in [-0.05, 0) is 36.5 Å². The van der Waals surface area contributed by atoms with E-state index in [0.717, 1.165) is 18.2 Å². The Bertz CT molecular complexity index is 778. The van der Waals surface area contributed by atoms with Crippen molar-refractivity contribution in [2.45, 2.75) is 6.18 Å². The Hall–Kier alpha value is -2.19. The molecule has 0 aliphatic rings. The molecule has 0 heterocycles. The molecule has 2 rings (SSSR count). The second-order valence-electron chi connectivity index (χ2n) is 4.54. The molecule has 2 aromatic carbocycles. The van der Waals surface area contributed by atoms with E-state index in [0.29, 0.717) is 0 Å². The summed E-state index contributed by atoms with van der Waals surface area (Å²) in [5, 5.41) is 6.19. The van der Waals surface area contributed by atoms with E-state index in [4.69, 9.17) is 23.8 Å². The van der Waals surface area contributed by atoms with Gasteiger partial charge in [0.1, 0.15) is 5.82 Å². The third kappa shape index (κ3) is 4.90. The van der Waals surface area contributed by atoms with Crippen molar-refractivity contribution in [3.05, 3.63) is 64.4 Å². The number of rotatable bonds is 3. The van der Waals surface area contributed by atoms with Crippen molar-refractivity contribution in [1.29, 1.82) is 0 Å². The Balaban J connectivity index is 2.04. The number of hydrogen-bond acceptors (Lipinski definition) is 2. The first-order chi connectivity index (χ1) is 11.3. The fourth-order valence-electron chi connectivity index (χ4n) is 1.69. The zero-order valence-corrected chi connectivity index (χ0v) is 13.4. The van der Waals surface area contributed by atoms with Crippen LogP contribution in [0.1, 0.15) is 11.1 Å². The predicted octanol–water partition coefficient (Wildman–Crippen LogP) is 4.82. The van der Waals surface area contributed by atoms with E-state index < -0.39 is 17.6 Å². The minimum absolute atomic E-state index is 0.0231. The number of hydrogen-bond donors (Lipinski definition) is 2. The average molecular weight is 376 g/mol. The Labute approximate surface area is 145 Å². The maximum Gasteiger partial charge on any atom is 0.416 e. The number of thiocarbonyl (C=S) groups is 1. The summed E-state index contributed by atoms with van der Waals surface area (Å²) in [6.45, 7) is 0. The van der Waals surface area contributed by atoms with Gasteiger partial charge in [-0.3, -0.25) is 5.43 Å². The second kappa shape index (κ2) is 7.59. The van der Waals surface area contributed by atoms with Crippen LogP contribution < -0.4 is 10.7 Å². The molecule has 0 unspecified atom stereocenters. The van der Waals surface area contributed by atoms with Gasteiger partial charge in [-0.2, -0.15) is 18.3 Å². The highest BCUT2D eigenvalue weighted by Crippen LogP contribution is 2.33. The van der Waals surface area contributed by atoms with Crippen LogP contribution in [0.5, 0.6) is 0 Å². The lowest BCUT2D eigenvalue weighted by molar-refractivity contribution is -0.137. The minimum Gasteiger partial charge on any atom is -0.330 e. The Morgan fingerprint density at radius 1 is 1.17 bits per heavy atom. The van der Waals surface area contributed by atoms with Crippen molar-refractivity contribution in [3.8, 4) is 0 Å². The summed E-state index contributed by atoms with van der Waals surface area (Å²) in [4.78, 5) is 0. The van der Waals surface area contributed by atoms with Gasteiger partial charge >= 0.3 is 6.18 Å². The lowest BCUT2D eigenvalue weighted by Gasteiger charge is -2.12. The third-order valence-electron chi connectivity index (χ3n) is 2.82. The van der Waals surface area contributed by atoms with Gasteiger partial charge < -0.3 is 5.32 Å². The van der Waals surface area contributed by atoms with Gasteiger partial charge in [-0.1, -0.05) is 29.8 Å². The van der Waals surface area contributed by atoms with Crippen LogP contribution >= 0.6 is 23.8 Å². The molecular weight excluding hydrogens is 366 g/mol. The quantitative estimate of drug-likeness (QED) is 0.349. The number of nitrogens with zero attached hydrogens (tertiary/aromatic N) is 1. The molecule has 0 saturated heterocycles. The fraction of sp³-hybridized carbons (Fsp3) is 0.0667. The van der Waals surface area contributed by atoms with Crippen LogP contribution in [-0.2, 0) is 6.18 Å². The van der Waals surface area contributed by atoms with E-state index in [9.17, 15) is 17.6 Å². The topological polar surface area (TPSA) is 36.4 Å². The van der Waals surface area contributed by atoms with Crippen LogP contribution in [0, 0.1) is 5.82 Å². The molecular formula is C15H10ClF4N3S. The molecule has 3 nitrogen and oxygen atoms in total. The van der Waals surface area contributed by atoms with Crippen LogP contribution in [0.4, 0.5) is 23.2 Å². The zero-order chi connectivity index (χ0) is 17.7. The molecule has 2 aromatic rings. The molecule has 2 N–H and O–H groups in total. The van der Waals surface area contributed by atoms with Crippen molar-refractivity contribution in [3.63, 3.8) is 0 Å². The first kappa shape index (κ1) is 18.2. The van der Waals surface area contributed by atoms with Gasteiger partial charge in [0.05, 0.1) is 22.5 Å². The highest BCUT2D eigenvalue weighted by atomic mass is 35.5. The Morgan fingerprint density at radius 2 is 1.88 bits per heavy atom. The van der Waals surface area contributed by atoms with Gasteiger partial charge in [-0.25, -0.2) is 4.39 Å².